The molecular weight excluding hydrogens is 116 g/mol. The van der Waals surface area contributed by atoms with E-state index in [0.29, 0.717) is 0 Å². The van der Waals surface area contributed by atoms with E-state index >= 15 is 0 Å². The molecule has 0 bridgehead atoms. The Hall–Kier alpha value is -1.46. The zero-order valence-electron chi connectivity index (χ0n) is 3.53. The van der Waals surface area contributed by atoms with Gasteiger partial charge >= 0.3 is 0 Å². The van der Waals surface area contributed by atoms with Crippen molar-refractivity contribution in [2.45, 2.75) is 0 Å². The van der Waals surface area contributed by atoms with Gasteiger partial charge in [-0.3, -0.25) is 0 Å². The predicted molar refractivity (Wildman–Crippen MR) is 15.6 cm³/mol. The molecule has 2 amide bonds. The molecule has 0 aliphatic carbocycles. The molecule has 0 saturated heterocycles. The maximum absolute atomic E-state index is 9.24. The predicted octanol–water partition coefficient (Wildman–Crippen LogP) is -1.87. The van der Waals surface area contributed by atoms with Crippen molar-refractivity contribution in [2.24, 2.45) is 10.2 Å². The van der Waals surface area contributed by atoms with Gasteiger partial charge in [0.2, 0.25) is 0 Å². The molecule has 0 aromatic carbocycles. The van der Waals surface area contributed by atoms with Crippen LogP contribution in [0.25, 0.3) is 0 Å². The zero-order chi connectivity index (χ0) is 6.57. The SMILES string of the molecule is O=C([O-])/N=N/C(=O)[O-]. The molecule has 0 fully saturated rings. The van der Waals surface area contributed by atoms with Gasteiger partial charge < -0.3 is 19.8 Å². The molecule has 0 heterocycles. The van der Waals surface area contributed by atoms with Gasteiger partial charge in [-0.2, -0.15) is 0 Å². The Morgan fingerprint density at radius 3 is 1.38 bits per heavy atom. The summed E-state index contributed by atoms with van der Waals surface area (Å²) in [6.45, 7) is 0. The highest BCUT2D eigenvalue weighted by atomic mass is 16.4. The van der Waals surface area contributed by atoms with Crippen molar-refractivity contribution in [3.63, 3.8) is 0 Å². The lowest BCUT2D eigenvalue weighted by Gasteiger charge is -1.88. The summed E-state index contributed by atoms with van der Waals surface area (Å²) in [6.07, 6.45) is -3.82. The van der Waals surface area contributed by atoms with Crippen LogP contribution in [0.2, 0.25) is 0 Å². The fourth-order valence-electron chi connectivity index (χ4n) is 0.0816. The summed E-state index contributed by atoms with van der Waals surface area (Å²) in [7, 11) is 0. The average Bonchev–Trinajstić information content (AvgIpc) is 1.61. The number of azo groups is 1. The Morgan fingerprint density at radius 2 is 1.25 bits per heavy atom. The van der Waals surface area contributed by atoms with Gasteiger partial charge in [0.05, 0.1) is 0 Å². The molecule has 0 aromatic heterocycles. The van der Waals surface area contributed by atoms with Crippen LogP contribution in [-0.2, 0) is 0 Å². The highest BCUT2D eigenvalue weighted by molar-refractivity contribution is 5.67. The molecule has 0 rings (SSSR count). The number of carboxylic acid groups (broad SMARTS) is 2. The topological polar surface area (TPSA) is 105 Å². The minimum Gasteiger partial charge on any atom is -0.527 e. The Morgan fingerprint density at radius 1 is 1.00 bits per heavy atom. The summed E-state index contributed by atoms with van der Waals surface area (Å²) in [6, 6.07) is 0. The number of hydrogen-bond donors (Lipinski definition) is 0. The van der Waals surface area contributed by atoms with Crippen LogP contribution in [0.1, 0.15) is 0 Å². The van der Waals surface area contributed by atoms with Crippen LogP contribution >= 0.6 is 0 Å². The largest absolute Gasteiger partial charge is 0.527 e. The van der Waals surface area contributed by atoms with Crippen molar-refractivity contribution < 1.29 is 19.8 Å². The third kappa shape index (κ3) is 4.54. The van der Waals surface area contributed by atoms with Gasteiger partial charge in [0.25, 0.3) is 0 Å². The lowest BCUT2D eigenvalue weighted by Crippen LogP contribution is -2.20. The molecule has 0 aromatic rings. The molecule has 0 aliphatic heterocycles. The molecule has 0 radical (unpaired) electrons. The maximum Gasteiger partial charge on any atom is 0.185 e. The molecule has 0 saturated carbocycles. The van der Waals surface area contributed by atoms with E-state index in [0.717, 1.165) is 0 Å². The average molecular weight is 116 g/mol. The third-order valence-electron chi connectivity index (χ3n) is 0.213. The van der Waals surface area contributed by atoms with E-state index in [1.54, 1.807) is 0 Å². The lowest BCUT2D eigenvalue weighted by atomic mass is 11.2. The molecule has 6 heteroatoms. The third-order valence-corrected chi connectivity index (χ3v) is 0.213. The first-order valence-electron chi connectivity index (χ1n) is 1.46. The molecule has 44 valence electrons. The summed E-state index contributed by atoms with van der Waals surface area (Å²) in [5, 5.41) is 22.7. The van der Waals surface area contributed by atoms with Crippen molar-refractivity contribution >= 4 is 12.2 Å². The molecule has 0 unspecified atom stereocenters. The highest BCUT2D eigenvalue weighted by Crippen LogP contribution is 1.70. The Kier molecular flexibility index (Phi) is 2.18. The summed E-state index contributed by atoms with van der Waals surface area (Å²) in [4.78, 5) is 18.5. The quantitative estimate of drug-likeness (QED) is 0.345. The number of nitrogens with zero attached hydrogens (tertiary/aromatic N) is 2. The Labute approximate surface area is 43.5 Å². The first-order chi connectivity index (χ1) is 3.63. The van der Waals surface area contributed by atoms with E-state index < -0.39 is 12.2 Å². The van der Waals surface area contributed by atoms with Crippen molar-refractivity contribution in [3.8, 4) is 0 Å². The number of carbonyl (C=O) groups is 2. The molecule has 0 atom stereocenters. The molecule has 0 spiro atoms. The molecule has 0 aliphatic rings. The standard InChI is InChI=1S/C2H2N2O4/c5-1(6)3-4-2(7)8/h(H,5,6)(H,7,8)/p-2/b4-3+. The van der Waals surface area contributed by atoms with Gasteiger partial charge in [-0.05, 0) is 0 Å². The minimum atomic E-state index is -1.91. The maximum atomic E-state index is 9.24. The summed E-state index contributed by atoms with van der Waals surface area (Å²) in [5.41, 5.74) is 0. The molecule has 8 heavy (non-hydrogen) atoms. The zero-order valence-corrected chi connectivity index (χ0v) is 3.53. The molecule has 0 N–H and O–H groups in total. The van der Waals surface area contributed by atoms with Crippen LogP contribution in [0.4, 0.5) is 9.59 Å². The van der Waals surface area contributed by atoms with E-state index in [2.05, 4.69) is 10.2 Å². The van der Waals surface area contributed by atoms with E-state index in [4.69, 9.17) is 0 Å². The first kappa shape index (κ1) is 6.54. The number of hydrogen-bond acceptors (Lipinski definition) is 4. The first-order valence-corrected chi connectivity index (χ1v) is 1.46. The fourth-order valence-corrected chi connectivity index (χ4v) is 0.0816. The van der Waals surface area contributed by atoms with Crippen LogP contribution in [0, 0.1) is 0 Å². The highest BCUT2D eigenvalue weighted by Gasteiger charge is 1.73. The second-order valence-electron chi connectivity index (χ2n) is 0.732. The normalized spacial score (nSPS) is 9.50. The van der Waals surface area contributed by atoms with E-state index in [1.807, 2.05) is 0 Å². The van der Waals surface area contributed by atoms with Crippen LogP contribution in [0.15, 0.2) is 10.2 Å². The van der Waals surface area contributed by atoms with E-state index in [9.17, 15) is 19.8 Å². The van der Waals surface area contributed by atoms with Gasteiger partial charge in [-0.25, -0.2) is 0 Å². The number of amides is 2. The Balaban J connectivity index is 3.67. The minimum absolute atomic E-state index is 1.91. The summed E-state index contributed by atoms with van der Waals surface area (Å²) in [5.74, 6) is 0. The Bertz CT molecular complexity index is 123. The van der Waals surface area contributed by atoms with Crippen LogP contribution < -0.4 is 10.2 Å². The second kappa shape index (κ2) is 2.67. The van der Waals surface area contributed by atoms with Gasteiger partial charge in [0, 0.05) is 0 Å². The van der Waals surface area contributed by atoms with Crippen LogP contribution in [0.3, 0.4) is 0 Å². The van der Waals surface area contributed by atoms with E-state index in [1.165, 1.54) is 0 Å². The van der Waals surface area contributed by atoms with E-state index in [-0.39, 0.29) is 0 Å². The smallest absolute Gasteiger partial charge is 0.185 e. The van der Waals surface area contributed by atoms with Gasteiger partial charge in [-0.15, -0.1) is 10.2 Å². The van der Waals surface area contributed by atoms with Crippen molar-refractivity contribution in [3.05, 3.63) is 0 Å². The van der Waals surface area contributed by atoms with Gasteiger partial charge in [-0.1, -0.05) is 0 Å². The molecule has 6 nitrogen and oxygen atoms in total. The summed E-state index contributed by atoms with van der Waals surface area (Å²) < 4.78 is 0. The number of carbonyl (C=O) groups excluding carboxylic acids is 2. The van der Waals surface area contributed by atoms with Gasteiger partial charge in [0.1, 0.15) is 0 Å². The lowest BCUT2D eigenvalue weighted by molar-refractivity contribution is -0.252. The van der Waals surface area contributed by atoms with Crippen molar-refractivity contribution in [1.82, 2.24) is 0 Å². The van der Waals surface area contributed by atoms with Crippen LogP contribution in [-0.4, -0.2) is 12.2 Å². The van der Waals surface area contributed by atoms with Crippen molar-refractivity contribution in [2.75, 3.05) is 0 Å². The second-order valence-corrected chi connectivity index (χ2v) is 0.732. The summed E-state index contributed by atoms with van der Waals surface area (Å²) >= 11 is 0. The van der Waals surface area contributed by atoms with Crippen molar-refractivity contribution in [1.29, 1.82) is 0 Å². The fraction of sp³-hybridized carbons (Fsp3) is 0. The van der Waals surface area contributed by atoms with Gasteiger partial charge in [0.15, 0.2) is 12.2 Å². The molecular formula is C2N2O4-2. The number of rotatable bonds is 0. The van der Waals surface area contributed by atoms with Crippen LogP contribution in [0.5, 0.6) is 0 Å². The monoisotopic (exact) mass is 116 g/mol.